The number of benzene rings is 1. The first-order chi connectivity index (χ1) is 11.0. The van der Waals surface area contributed by atoms with Crippen LogP contribution in [-0.4, -0.2) is 66.1 Å². The van der Waals surface area contributed by atoms with E-state index in [1.165, 1.54) is 11.0 Å². The average molecular weight is 323 g/mol. The van der Waals surface area contributed by atoms with Crippen LogP contribution in [0.3, 0.4) is 0 Å². The van der Waals surface area contributed by atoms with Gasteiger partial charge in [-0.1, -0.05) is 18.2 Å². The number of aliphatic hydroxyl groups is 1. The van der Waals surface area contributed by atoms with Crippen molar-refractivity contribution >= 4 is 11.8 Å². The minimum atomic E-state index is -0.607. The van der Waals surface area contributed by atoms with Crippen LogP contribution in [0.1, 0.15) is 12.0 Å². The van der Waals surface area contributed by atoms with Crippen LogP contribution in [0.4, 0.5) is 4.39 Å². The van der Waals surface area contributed by atoms with E-state index < -0.39 is 6.04 Å². The first-order valence-electron chi connectivity index (χ1n) is 7.63. The third-order valence-electron chi connectivity index (χ3n) is 3.94. The Morgan fingerprint density at radius 1 is 1.48 bits per heavy atom. The quantitative estimate of drug-likeness (QED) is 0.771. The Bertz CT molecular complexity index is 567. The molecule has 0 saturated carbocycles. The topological polar surface area (TPSA) is 72.9 Å². The molecule has 0 spiro atoms. The number of hydrogen-bond donors (Lipinski definition) is 2. The fourth-order valence-electron chi connectivity index (χ4n) is 2.55. The molecule has 1 aliphatic rings. The Labute approximate surface area is 134 Å². The molecule has 126 valence electrons. The second-order valence-corrected chi connectivity index (χ2v) is 5.60. The third kappa shape index (κ3) is 4.49. The van der Waals surface area contributed by atoms with Crippen LogP contribution in [0.2, 0.25) is 0 Å². The fourth-order valence-corrected chi connectivity index (χ4v) is 2.55. The monoisotopic (exact) mass is 323 g/mol. The molecule has 1 aliphatic heterocycles. The van der Waals surface area contributed by atoms with E-state index in [9.17, 15) is 14.0 Å². The number of carbonyl (C=O) groups excluding carboxylic acids is 2. The molecule has 1 heterocycles. The highest BCUT2D eigenvalue weighted by Gasteiger charge is 2.31. The van der Waals surface area contributed by atoms with E-state index in [0.29, 0.717) is 18.7 Å². The largest absolute Gasteiger partial charge is 0.395 e. The normalized spacial score (nSPS) is 18.1. The molecular weight excluding hydrogens is 301 g/mol. The summed E-state index contributed by atoms with van der Waals surface area (Å²) in [5, 5.41) is 11.9. The molecule has 0 bridgehead atoms. The summed E-state index contributed by atoms with van der Waals surface area (Å²) >= 11 is 0. The van der Waals surface area contributed by atoms with E-state index in [1.54, 1.807) is 30.1 Å². The zero-order valence-electron chi connectivity index (χ0n) is 13.2. The lowest BCUT2D eigenvalue weighted by Gasteiger charge is -2.33. The summed E-state index contributed by atoms with van der Waals surface area (Å²) in [5.74, 6) is -0.753. The molecule has 1 aromatic rings. The van der Waals surface area contributed by atoms with Crippen molar-refractivity contribution in [3.8, 4) is 0 Å². The second kappa shape index (κ2) is 8.03. The van der Waals surface area contributed by atoms with Crippen molar-refractivity contribution in [2.24, 2.45) is 0 Å². The van der Waals surface area contributed by atoms with Crippen molar-refractivity contribution < 1.29 is 19.1 Å². The van der Waals surface area contributed by atoms with Crippen molar-refractivity contribution in [2.45, 2.75) is 19.0 Å². The highest BCUT2D eigenvalue weighted by Crippen LogP contribution is 2.14. The van der Waals surface area contributed by atoms with E-state index in [-0.39, 0.29) is 43.7 Å². The zero-order chi connectivity index (χ0) is 16.8. The number of nitrogens with one attached hydrogen (secondary N) is 1. The minimum Gasteiger partial charge on any atom is -0.395 e. The molecule has 1 aromatic carbocycles. The van der Waals surface area contributed by atoms with Gasteiger partial charge in [0.1, 0.15) is 5.82 Å². The Kier molecular flexibility index (Phi) is 6.06. The minimum absolute atomic E-state index is 0.0309. The van der Waals surface area contributed by atoms with Gasteiger partial charge in [-0.15, -0.1) is 0 Å². The summed E-state index contributed by atoms with van der Waals surface area (Å²) in [6.45, 7) is 1.35. The Morgan fingerprint density at radius 3 is 2.91 bits per heavy atom. The van der Waals surface area contributed by atoms with E-state index in [0.717, 1.165) is 0 Å². The predicted octanol–water partition coefficient (Wildman–Crippen LogP) is -0.0331. The maximum absolute atomic E-state index is 13.7. The maximum atomic E-state index is 13.7. The number of piperazine rings is 1. The van der Waals surface area contributed by atoms with E-state index in [1.807, 2.05) is 0 Å². The van der Waals surface area contributed by atoms with Crippen molar-refractivity contribution in [3.05, 3.63) is 35.6 Å². The van der Waals surface area contributed by atoms with Gasteiger partial charge in [0.15, 0.2) is 0 Å². The van der Waals surface area contributed by atoms with Gasteiger partial charge in [0.25, 0.3) is 0 Å². The van der Waals surface area contributed by atoms with Crippen LogP contribution < -0.4 is 5.32 Å². The molecule has 7 heteroatoms. The summed E-state index contributed by atoms with van der Waals surface area (Å²) in [7, 11) is 1.59. The van der Waals surface area contributed by atoms with Gasteiger partial charge in [-0.2, -0.15) is 0 Å². The van der Waals surface area contributed by atoms with Gasteiger partial charge in [-0.05, 0) is 6.07 Å². The van der Waals surface area contributed by atoms with Gasteiger partial charge in [0.05, 0.1) is 19.1 Å². The van der Waals surface area contributed by atoms with Crippen molar-refractivity contribution in [1.29, 1.82) is 0 Å². The number of aliphatic hydroxyl groups excluding tert-OH is 1. The molecule has 1 saturated heterocycles. The average Bonchev–Trinajstić information content (AvgIpc) is 2.53. The van der Waals surface area contributed by atoms with Gasteiger partial charge in [0.2, 0.25) is 11.8 Å². The highest BCUT2D eigenvalue weighted by molar-refractivity contribution is 5.88. The molecule has 23 heavy (non-hydrogen) atoms. The first kappa shape index (κ1) is 17.4. The maximum Gasteiger partial charge on any atom is 0.240 e. The molecule has 2 rings (SSSR count). The number of carbonyl (C=O) groups is 2. The lowest BCUT2D eigenvalue weighted by molar-refractivity contribution is -0.141. The SMILES string of the molecule is CN(CCO)C(=O)CC1NCCN(Cc2ccccc2F)C1=O. The van der Waals surface area contributed by atoms with Gasteiger partial charge in [-0.3, -0.25) is 9.59 Å². The lowest BCUT2D eigenvalue weighted by atomic mass is 10.1. The summed E-state index contributed by atoms with van der Waals surface area (Å²) in [6, 6.07) is 5.75. The number of amides is 2. The predicted molar refractivity (Wildman–Crippen MR) is 82.9 cm³/mol. The zero-order valence-corrected chi connectivity index (χ0v) is 13.2. The first-order valence-corrected chi connectivity index (χ1v) is 7.63. The molecule has 1 atom stereocenters. The smallest absolute Gasteiger partial charge is 0.240 e. The fraction of sp³-hybridized carbons (Fsp3) is 0.500. The number of hydrogen-bond acceptors (Lipinski definition) is 4. The molecule has 0 radical (unpaired) electrons. The van der Waals surface area contributed by atoms with Crippen LogP contribution in [0.15, 0.2) is 24.3 Å². The lowest BCUT2D eigenvalue weighted by Crippen LogP contribution is -2.56. The number of nitrogens with zero attached hydrogens (tertiary/aromatic N) is 2. The van der Waals surface area contributed by atoms with Crippen LogP contribution in [0.25, 0.3) is 0 Å². The van der Waals surface area contributed by atoms with Crippen molar-refractivity contribution in [3.63, 3.8) is 0 Å². The number of likely N-dealkylation sites (N-methyl/N-ethyl adjacent to an activating group) is 1. The van der Waals surface area contributed by atoms with Crippen molar-refractivity contribution in [2.75, 3.05) is 33.3 Å². The molecule has 0 aliphatic carbocycles. The third-order valence-corrected chi connectivity index (χ3v) is 3.94. The summed E-state index contributed by atoms with van der Waals surface area (Å²) in [6.07, 6.45) is 0.0309. The van der Waals surface area contributed by atoms with E-state index >= 15 is 0 Å². The van der Waals surface area contributed by atoms with Crippen LogP contribution in [-0.2, 0) is 16.1 Å². The second-order valence-electron chi connectivity index (χ2n) is 5.60. The molecule has 0 aromatic heterocycles. The van der Waals surface area contributed by atoms with Gasteiger partial charge >= 0.3 is 0 Å². The number of rotatable bonds is 6. The van der Waals surface area contributed by atoms with Gasteiger partial charge < -0.3 is 20.2 Å². The molecule has 2 N–H and O–H groups in total. The molecule has 6 nitrogen and oxygen atoms in total. The Hall–Kier alpha value is -1.99. The van der Waals surface area contributed by atoms with Crippen LogP contribution in [0, 0.1) is 5.82 Å². The van der Waals surface area contributed by atoms with Crippen LogP contribution in [0.5, 0.6) is 0 Å². The van der Waals surface area contributed by atoms with E-state index in [4.69, 9.17) is 5.11 Å². The van der Waals surface area contributed by atoms with Gasteiger partial charge in [-0.25, -0.2) is 4.39 Å². The van der Waals surface area contributed by atoms with Crippen molar-refractivity contribution in [1.82, 2.24) is 15.1 Å². The summed E-state index contributed by atoms with van der Waals surface area (Å²) < 4.78 is 13.7. The van der Waals surface area contributed by atoms with E-state index in [2.05, 4.69) is 5.32 Å². The number of halogens is 1. The highest BCUT2D eigenvalue weighted by atomic mass is 19.1. The summed E-state index contributed by atoms with van der Waals surface area (Å²) in [4.78, 5) is 27.4. The molecule has 1 unspecified atom stereocenters. The molecule has 1 fully saturated rings. The standard InChI is InChI=1S/C16H22FN3O3/c1-19(8-9-21)15(22)10-14-16(23)20(7-6-18-14)11-12-4-2-3-5-13(12)17/h2-5,14,18,21H,6-11H2,1H3. The molecule has 2 amide bonds. The Balaban J connectivity index is 1.98. The summed E-state index contributed by atoms with van der Waals surface area (Å²) in [5.41, 5.74) is 0.463. The Morgan fingerprint density at radius 2 is 2.22 bits per heavy atom. The molecular formula is C16H22FN3O3. The van der Waals surface area contributed by atoms with Crippen LogP contribution >= 0.6 is 0 Å². The van der Waals surface area contributed by atoms with Gasteiger partial charge in [0, 0.05) is 38.8 Å².